The van der Waals surface area contributed by atoms with Gasteiger partial charge in [0.1, 0.15) is 17.1 Å². The van der Waals surface area contributed by atoms with Crippen molar-refractivity contribution in [2.24, 2.45) is 10.8 Å². The van der Waals surface area contributed by atoms with Crippen LogP contribution in [0.3, 0.4) is 0 Å². The molecule has 0 radical (unpaired) electrons. The van der Waals surface area contributed by atoms with Gasteiger partial charge in [0.25, 0.3) is 0 Å². The number of aromatic nitrogens is 3. The average Bonchev–Trinajstić information content (AvgIpc) is 3.45. The Labute approximate surface area is 203 Å². The van der Waals surface area contributed by atoms with E-state index in [1.165, 1.54) is 0 Å². The highest BCUT2D eigenvalue weighted by atomic mass is 16.2. The van der Waals surface area contributed by atoms with Gasteiger partial charge in [0.05, 0.1) is 11.9 Å². The minimum atomic E-state index is -1.02. The molecule has 2 aromatic rings. The van der Waals surface area contributed by atoms with Crippen LogP contribution < -0.4 is 25.8 Å². The first-order valence-electron chi connectivity index (χ1n) is 12.7. The number of hydrogen-bond acceptors (Lipinski definition) is 8. The lowest BCUT2D eigenvalue weighted by molar-refractivity contribution is -0.140. The van der Waals surface area contributed by atoms with E-state index in [2.05, 4.69) is 36.9 Å². The highest BCUT2D eigenvalue weighted by Crippen LogP contribution is 2.44. The Hall–Kier alpha value is -3.27. The largest absolute Gasteiger partial charge is 0.369 e. The van der Waals surface area contributed by atoms with Crippen LogP contribution in [0.25, 0.3) is 0 Å². The van der Waals surface area contributed by atoms with E-state index < -0.39 is 5.41 Å². The number of anilines is 4. The molecule has 2 amide bonds. The molecule has 5 aliphatic rings. The van der Waals surface area contributed by atoms with Crippen LogP contribution in [0.5, 0.6) is 0 Å². The fourth-order valence-corrected chi connectivity index (χ4v) is 6.47. The number of nitrogens with one attached hydrogen (secondary N) is 3. The molecule has 10 heteroatoms. The van der Waals surface area contributed by atoms with Gasteiger partial charge < -0.3 is 20.9 Å². The fraction of sp³-hybridized carbons (Fsp3) is 0.560. The molecule has 0 bridgehead atoms. The summed E-state index contributed by atoms with van der Waals surface area (Å²) in [4.78, 5) is 44.6. The van der Waals surface area contributed by atoms with Crippen molar-refractivity contribution in [1.29, 1.82) is 0 Å². The zero-order valence-electron chi connectivity index (χ0n) is 19.7. The summed E-state index contributed by atoms with van der Waals surface area (Å²) in [6.45, 7) is 4.91. The minimum absolute atomic E-state index is 0.0812. The smallest absolute Gasteiger partial charge is 0.244 e. The van der Waals surface area contributed by atoms with Gasteiger partial charge in [-0.2, -0.15) is 4.98 Å². The van der Waals surface area contributed by atoms with E-state index in [0.717, 1.165) is 63.1 Å². The molecular formula is C25H30N8O2. The van der Waals surface area contributed by atoms with Crippen LogP contribution in [-0.4, -0.2) is 65.5 Å². The Balaban J connectivity index is 1.14. The number of pyridine rings is 1. The quantitative estimate of drug-likeness (QED) is 0.569. The fourth-order valence-electron chi connectivity index (χ4n) is 6.47. The van der Waals surface area contributed by atoms with Gasteiger partial charge >= 0.3 is 0 Å². The molecule has 1 aliphatic carbocycles. The predicted molar refractivity (Wildman–Crippen MR) is 131 cm³/mol. The van der Waals surface area contributed by atoms with Crippen molar-refractivity contribution in [2.45, 2.75) is 44.6 Å². The first kappa shape index (κ1) is 21.0. The summed E-state index contributed by atoms with van der Waals surface area (Å²) in [5.41, 5.74) is 1.43. The Bertz CT molecular complexity index is 1180. The van der Waals surface area contributed by atoms with E-state index >= 15 is 0 Å². The zero-order chi connectivity index (χ0) is 23.6. The van der Waals surface area contributed by atoms with Crippen molar-refractivity contribution < 1.29 is 9.59 Å². The Kier molecular flexibility index (Phi) is 4.58. The molecule has 6 heterocycles. The molecule has 7 rings (SSSR count). The highest BCUT2D eigenvalue weighted by Gasteiger charge is 2.56. The maximum Gasteiger partial charge on any atom is 0.244 e. The molecule has 3 N–H and O–H groups in total. The second-order valence-electron chi connectivity index (χ2n) is 10.9. The molecule has 4 fully saturated rings. The van der Waals surface area contributed by atoms with Crippen molar-refractivity contribution >= 4 is 35.1 Å². The molecule has 1 saturated carbocycles. The number of amides is 2. The molecule has 35 heavy (non-hydrogen) atoms. The minimum Gasteiger partial charge on any atom is -0.369 e. The SMILES string of the molecule is O=C1NCCC12Cc1cnc(Nc3ccc(N4CC5(CNC5)C4)cn3)nc1N(C1CCCC1)C2=O. The number of fused-ring (bicyclic) bond motifs is 1. The van der Waals surface area contributed by atoms with E-state index in [1.807, 2.05) is 17.2 Å². The van der Waals surface area contributed by atoms with E-state index in [4.69, 9.17) is 4.98 Å². The van der Waals surface area contributed by atoms with E-state index in [9.17, 15) is 9.59 Å². The first-order chi connectivity index (χ1) is 17.1. The molecule has 4 aliphatic heterocycles. The number of carbonyl (C=O) groups excluding carboxylic acids is 2. The normalized spacial score (nSPS) is 27.1. The summed E-state index contributed by atoms with van der Waals surface area (Å²) < 4.78 is 0. The highest BCUT2D eigenvalue weighted by molar-refractivity contribution is 6.14. The van der Waals surface area contributed by atoms with Gasteiger partial charge in [-0.3, -0.25) is 14.5 Å². The van der Waals surface area contributed by atoms with Crippen LogP contribution in [0.4, 0.5) is 23.3 Å². The summed E-state index contributed by atoms with van der Waals surface area (Å²) in [5.74, 6) is 1.45. The monoisotopic (exact) mass is 474 g/mol. The molecular weight excluding hydrogens is 444 g/mol. The van der Waals surface area contributed by atoms with Crippen molar-refractivity contribution in [3.8, 4) is 0 Å². The van der Waals surface area contributed by atoms with Crippen LogP contribution in [0.2, 0.25) is 0 Å². The molecule has 10 nitrogen and oxygen atoms in total. The van der Waals surface area contributed by atoms with E-state index in [0.29, 0.717) is 42.4 Å². The molecule has 1 atom stereocenters. The molecule has 2 aromatic heterocycles. The third-order valence-corrected chi connectivity index (χ3v) is 8.56. The van der Waals surface area contributed by atoms with Crippen LogP contribution in [0.1, 0.15) is 37.7 Å². The number of nitrogens with zero attached hydrogens (tertiary/aromatic N) is 5. The van der Waals surface area contributed by atoms with Crippen LogP contribution in [-0.2, 0) is 16.0 Å². The van der Waals surface area contributed by atoms with Crippen LogP contribution >= 0.6 is 0 Å². The summed E-state index contributed by atoms with van der Waals surface area (Å²) in [6, 6.07) is 4.10. The third kappa shape index (κ3) is 3.22. The predicted octanol–water partition coefficient (Wildman–Crippen LogP) is 1.36. The lowest BCUT2D eigenvalue weighted by Gasteiger charge is -2.57. The molecule has 3 saturated heterocycles. The van der Waals surface area contributed by atoms with Gasteiger partial charge in [-0.1, -0.05) is 12.8 Å². The zero-order valence-corrected chi connectivity index (χ0v) is 19.7. The van der Waals surface area contributed by atoms with Gasteiger partial charge in [-0.05, 0) is 31.4 Å². The van der Waals surface area contributed by atoms with Gasteiger partial charge in [-0.15, -0.1) is 0 Å². The van der Waals surface area contributed by atoms with Gasteiger partial charge in [0.2, 0.25) is 17.8 Å². The number of hydrogen-bond donors (Lipinski definition) is 3. The maximum absolute atomic E-state index is 13.7. The lowest BCUT2D eigenvalue weighted by atomic mass is 9.74. The second kappa shape index (κ2) is 7.61. The van der Waals surface area contributed by atoms with Gasteiger partial charge in [0.15, 0.2) is 0 Å². The lowest BCUT2D eigenvalue weighted by Crippen LogP contribution is -2.71. The van der Waals surface area contributed by atoms with Crippen molar-refractivity contribution in [1.82, 2.24) is 25.6 Å². The summed E-state index contributed by atoms with van der Waals surface area (Å²) in [6.07, 6.45) is 8.59. The van der Waals surface area contributed by atoms with E-state index in [1.54, 1.807) is 6.20 Å². The topological polar surface area (TPSA) is 115 Å². The number of carbonyl (C=O) groups is 2. The molecule has 182 valence electrons. The first-order valence-corrected chi connectivity index (χ1v) is 12.7. The van der Waals surface area contributed by atoms with Crippen molar-refractivity contribution in [3.05, 3.63) is 30.1 Å². The summed E-state index contributed by atoms with van der Waals surface area (Å²) in [5, 5.41) is 9.45. The van der Waals surface area contributed by atoms with Crippen LogP contribution in [0, 0.1) is 10.8 Å². The average molecular weight is 475 g/mol. The van der Waals surface area contributed by atoms with Gasteiger partial charge in [-0.25, -0.2) is 9.97 Å². The molecule has 0 aromatic carbocycles. The Morgan fingerprint density at radius 3 is 2.54 bits per heavy atom. The Morgan fingerprint density at radius 1 is 1.06 bits per heavy atom. The third-order valence-electron chi connectivity index (χ3n) is 8.56. The standard InChI is InChI=1S/C25H30N8O2/c34-21-25(7-8-27-21)9-16-10-29-23(31-20(16)33(22(25)35)17-3-1-2-4-17)30-19-6-5-18(11-28-19)32-14-24(15-32)12-26-13-24/h5-6,10-11,17,26H,1-4,7-9,12-15H2,(H,27,34)(H,28,29,30,31). The number of rotatable bonds is 4. The summed E-state index contributed by atoms with van der Waals surface area (Å²) >= 11 is 0. The maximum atomic E-state index is 13.7. The second-order valence-corrected chi connectivity index (χ2v) is 10.9. The Morgan fingerprint density at radius 2 is 1.89 bits per heavy atom. The molecule has 2 spiro atoms. The van der Waals surface area contributed by atoms with Crippen LogP contribution in [0.15, 0.2) is 24.5 Å². The van der Waals surface area contributed by atoms with E-state index in [-0.39, 0.29) is 17.9 Å². The summed E-state index contributed by atoms with van der Waals surface area (Å²) in [7, 11) is 0. The van der Waals surface area contributed by atoms with Gasteiger partial charge in [0, 0.05) is 62.4 Å². The van der Waals surface area contributed by atoms with Crippen molar-refractivity contribution in [3.63, 3.8) is 0 Å². The van der Waals surface area contributed by atoms with Crippen molar-refractivity contribution in [2.75, 3.05) is 47.8 Å². The molecule has 1 unspecified atom stereocenters.